The Balaban J connectivity index is 0.000000867. The number of methoxy groups -OCH3 is 1. The number of fused-ring (bicyclic) bond motifs is 1. The Labute approximate surface area is 229 Å². The maximum Gasteiger partial charge on any atom is 0.349 e. The lowest BCUT2D eigenvalue weighted by Crippen LogP contribution is -2.17. The molecule has 1 unspecified atom stereocenters. The van der Waals surface area contributed by atoms with E-state index in [1.54, 1.807) is 31.4 Å². The highest BCUT2D eigenvalue weighted by Gasteiger charge is 2.26. The summed E-state index contributed by atoms with van der Waals surface area (Å²) in [6, 6.07) is 14.5. The van der Waals surface area contributed by atoms with Crippen LogP contribution in [0.25, 0.3) is 5.82 Å². The molecule has 0 bridgehead atoms. The Bertz CT molecular complexity index is 1530. The maximum atomic E-state index is 12.8. The molecule has 40 heavy (non-hydrogen) atoms. The molecule has 208 valence electrons. The number of hydrogen-bond acceptors (Lipinski definition) is 9. The van der Waals surface area contributed by atoms with E-state index >= 15 is 0 Å². The molecule has 2 aromatic heterocycles. The van der Waals surface area contributed by atoms with Crippen molar-refractivity contribution in [2.24, 2.45) is 5.73 Å². The first kappa shape index (κ1) is 27.8. The summed E-state index contributed by atoms with van der Waals surface area (Å²) < 4.78 is 18.6. The number of carbonyl (C=O) groups is 1. The molecular formula is C27H29N7O6. The number of amidine groups is 1. The van der Waals surface area contributed by atoms with Gasteiger partial charge in [-0.1, -0.05) is 24.3 Å². The molecule has 2 aromatic carbocycles. The smallest absolute Gasteiger partial charge is 0.349 e. The molecule has 0 saturated carbocycles. The molecule has 4 aromatic rings. The highest BCUT2D eigenvalue weighted by Crippen LogP contribution is 2.43. The third-order valence-corrected chi connectivity index (χ3v) is 5.90. The van der Waals surface area contributed by atoms with Gasteiger partial charge < -0.3 is 25.1 Å². The van der Waals surface area contributed by atoms with Crippen molar-refractivity contribution in [1.82, 2.24) is 25.0 Å². The molecule has 0 fully saturated rings. The van der Waals surface area contributed by atoms with E-state index in [2.05, 4.69) is 20.3 Å². The normalized spacial score (nSPS) is 12.8. The number of benzene rings is 2. The van der Waals surface area contributed by atoms with Gasteiger partial charge in [0, 0.05) is 31.0 Å². The largest absolute Gasteiger partial charge is 0.493 e. The van der Waals surface area contributed by atoms with Crippen LogP contribution >= 0.6 is 0 Å². The summed E-state index contributed by atoms with van der Waals surface area (Å²) in [7, 11) is 1.58. The van der Waals surface area contributed by atoms with Crippen LogP contribution in [-0.4, -0.2) is 62.2 Å². The van der Waals surface area contributed by atoms with Crippen LogP contribution in [0.4, 0.5) is 0 Å². The number of carboxylic acid groups (broad SMARTS) is 1. The van der Waals surface area contributed by atoms with Gasteiger partial charge >= 0.3 is 5.69 Å². The third-order valence-electron chi connectivity index (χ3n) is 5.90. The summed E-state index contributed by atoms with van der Waals surface area (Å²) >= 11 is 0. The number of carboxylic acids is 1. The zero-order chi connectivity index (χ0) is 28.6. The van der Waals surface area contributed by atoms with E-state index in [1.807, 2.05) is 24.3 Å². The number of aromatic amines is 1. The predicted octanol–water partition coefficient (Wildman–Crippen LogP) is 2.27. The van der Waals surface area contributed by atoms with Gasteiger partial charge in [-0.25, -0.2) is 4.79 Å². The number of rotatable bonds is 7. The Hall–Kier alpha value is -5.20. The molecule has 0 saturated heterocycles. The van der Waals surface area contributed by atoms with Gasteiger partial charge in [-0.3, -0.25) is 15.2 Å². The quantitative estimate of drug-likeness (QED) is 0.197. The van der Waals surface area contributed by atoms with Crippen molar-refractivity contribution in [1.29, 1.82) is 5.41 Å². The lowest BCUT2D eigenvalue weighted by molar-refractivity contribution is -0.134. The minimum atomic E-state index is -0.833. The fourth-order valence-corrected chi connectivity index (χ4v) is 4.10. The van der Waals surface area contributed by atoms with Crippen molar-refractivity contribution in [3.05, 3.63) is 87.7 Å². The number of H-pyrrole nitrogens is 1. The van der Waals surface area contributed by atoms with Crippen molar-refractivity contribution < 1.29 is 24.1 Å². The molecule has 1 atom stereocenters. The SMILES string of the molecule is CC(=O)O.COc1cc(C(Cc2ccc(C(=N)N)cc2)c2nn(-c3cccnn3)c(=O)[nH]2)cc2c1OCCCO2. The van der Waals surface area contributed by atoms with Crippen molar-refractivity contribution >= 4 is 11.8 Å². The first-order valence-electron chi connectivity index (χ1n) is 12.3. The molecule has 0 radical (unpaired) electrons. The van der Waals surface area contributed by atoms with Crippen molar-refractivity contribution in [2.75, 3.05) is 20.3 Å². The fourth-order valence-electron chi connectivity index (χ4n) is 4.10. The number of nitrogens with zero attached hydrogens (tertiary/aromatic N) is 4. The van der Waals surface area contributed by atoms with Crippen LogP contribution in [0, 0.1) is 5.41 Å². The van der Waals surface area contributed by atoms with Crippen LogP contribution in [0.1, 0.15) is 41.8 Å². The highest BCUT2D eigenvalue weighted by molar-refractivity contribution is 5.94. The standard InChI is InChI=1S/C25H25N7O4.C2H4O2/c1-34-19-13-17(14-20-22(19)36-11-3-10-35-20)18(12-15-5-7-16(8-6-15)23(26)27)24-29-25(33)32(31-24)21-4-2-9-28-30-21;1-2(3)4/h2,4-9,13-14,18H,3,10-12H2,1H3,(H3,26,27)(H,29,31,33);1H3,(H,3,4). The monoisotopic (exact) mass is 547 g/mol. The van der Waals surface area contributed by atoms with Gasteiger partial charge in [-0.2, -0.15) is 9.78 Å². The Kier molecular flexibility index (Phi) is 8.74. The molecule has 5 N–H and O–H groups in total. The molecule has 13 nitrogen and oxygen atoms in total. The highest BCUT2D eigenvalue weighted by atomic mass is 16.5. The lowest BCUT2D eigenvalue weighted by atomic mass is 9.90. The van der Waals surface area contributed by atoms with E-state index in [-0.39, 0.29) is 11.8 Å². The second-order valence-electron chi connectivity index (χ2n) is 8.80. The average Bonchev–Trinajstić information content (AvgIpc) is 3.16. The topological polar surface area (TPSA) is 191 Å². The summed E-state index contributed by atoms with van der Waals surface area (Å²) in [6.45, 7) is 2.14. The number of nitrogens with one attached hydrogen (secondary N) is 2. The van der Waals surface area contributed by atoms with Crippen LogP contribution in [0.5, 0.6) is 17.2 Å². The predicted molar refractivity (Wildman–Crippen MR) is 145 cm³/mol. The summed E-state index contributed by atoms with van der Waals surface area (Å²) in [5.74, 6) is 1.22. The van der Waals surface area contributed by atoms with Crippen molar-refractivity contribution in [2.45, 2.75) is 25.7 Å². The summed E-state index contributed by atoms with van der Waals surface area (Å²) in [5, 5.41) is 27.5. The molecule has 3 heterocycles. The van der Waals surface area contributed by atoms with Gasteiger partial charge in [0.25, 0.3) is 5.97 Å². The Morgan fingerprint density at radius 3 is 2.60 bits per heavy atom. The number of aliphatic carboxylic acids is 1. The molecule has 1 aliphatic heterocycles. The molecule has 1 aliphatic rings. The van der Waals surface area contributed by atoms with Gasteiger partial charge in [0.05, 0.1) is 20.3 Å². The zero-order valence-corrected chi connectivity index (χ0v) is 22.0. The Morgan fingerprint density at radius 1 is 1.23 bits per heavy atom. The first-order valence-corrected chi connectivity index (χ1v) is 12.3. The molecule has 0 spiro atoms. The van der Waals surface area contributed by atoms with E-state index in [4.69, 9.17) is 35.3 Å². The molecule has 0 aliphatic carbocycles. The van der Waals surface area contributed by atoms with Gasteiger partial charge in [-0.15, -0.1) is 10.2 Å². The van der Waals surface area contributed by atoms with E-state index in [1.165, 1.54) is 10.9 Å². The molecule has 0 amide bonds. The number of aromatic nitrogens is 5. The van der Waals surface area contributed by atoms with Crippen LogP contribution < -0.4 is 25.6 Å². The van der Waals surface area contributed by atoms with E-state index in [9.17, 15) is 4.79 Å². The second-order valence-corrected chi connectivity index (χ2v) is 8.80. The summed E-state index contributed by atoms with van der Waals surface area (Å²) in [4.78, 5) is 24.7. The van der Waals surface area contributed by atoms with Crippen molar-refractivity contribution in [3.8, 4) is 23.1 Å². The van der Waals surface area contributed by atoms with E-state index in [0.717, 1.165) is 24.5 Å². The van der Waals surface area contributed by atoms with Gasteiger partial charge in [0.15, 0.2) is 17.3 Å². The fraction of sp³-hybridized carbons (Fsp3) is 0.259. The maximum absolute atomic E-state index is 12.8. The average molecular weight is 548 g/mol. The lowest BCUT2D eigenvalue weighted by Gasteiger charge is -2.19. The number of hydrogen-bond donors (Lipinski definition) is 4. The van der Waals surface area contributed by atoms with Gasteiger partial charge in [0.2, 0.25) is 5.75 Å². The van der Waals surface area contributed by atoms with Crippen LogP contribution in [-0.2, 0) is 11.2 Å². The minimum Gasteiger partial charge on any atom is -0.493 e. The van der Waals surface area contributed by atoms with Gasteiger partial charge in [-0.05, 0) is 41.8 Å². The number of ether oxygens (including phenoxy) is 3. The minimum absolute atomic E-state index is 0.00205. The molecule has 5 rings (SSSR count). The molecular weight excluding hydrogens is 518 g/mol. The first-order chi connectivity index (χ1) is 19.3. The van der Waals surface area contributed by atoms with Crippen LogP contribution in [0.2, 0.25) is 0 Å². The molecule has 13 heteroatoms. The zero-order valence-electron chi connectivity index (χ0n) is 22.0. The van der Waals surface area contributed by atoms with Crippen LogP contribution in [0.3, 0.4) is 0 Å². The van der Waals surface area contributed by atoms with E-state index in [0.29, 0.717) is 54.1 Å². The second kappa shape index (κ2) is 12.6. The van der Waals surface area contributed by atoms with E-state index < -0.39 is 11.7 Å². The van der Waals surface area contributed by atoms with Crippen molar-refractivity contribution in [3.63, 3.8) is 0 Å². The number of nitrogen functional groups attached to an aromatic ring is 1. The number of nitrogens with two attached hydrogens (primary N) is 1. The Morgan fingerprint density at radius 2 is 1.95 bits per heavy atom. The summed E-state index contributed by atoms with van der Waals surface area (Å²) in [6.07, 6.45) is 2.78. The summed E-state index contributed by atoms with van der Waals surface area (Å²) in [5.41, 5.74) is 7.61. The van der Waals surface area contributed by atoms with Gasteiger partial charge in [0.1, 0.15) is 11.7 Å². The third kappa shape index (κ3) is 6.62. The van der Waals surface area contributed by atoms with Crippen LogP contribution in [0.15, 0.2) is 59.5 Å².